The molecule has 0 heterocycles. The molecular weight excluding hydrogens is 494 g/mol. The molecule has 0 spiro atoms. The number of benzene rings is 3. The SMILES string of the molecule is COc1ccc(-c2ccc(C(=O)N(CC(=O)O)C3CCCCC3)c(NC(=O)Nc3c(C)cccc3C)c2)cc1. The predicted molar refractivity (Wildman–Crippen MR) is 153 cm³/mol. The fourth-order valence-electron chi connectivity index (χ4n) is 5.14. The summed E-state index contributed by atoms with van der Waals surface area (Å²) < 4.78 is 5.26. The van der Waals surface area contributed by atoms with Crippen molar-refractivity contribution in [2.45, 2.75) is 52.0 Å². The quantitative estimate of drug-likeness (QED) is 0.309. The summed E-state index contributed by atoms with van der Waals surface area (Å²) in [5, 5.41) is 15.4. The van der Waals surface area contributed by atoms with Gasteiger partial charge in [-0.2, -0.15) is 0 Å². The normalized spacial score (nSPS) is 13.4. The molecular formula is C31H35N3O5. The van der Waals surface area contributed by atoms with Gasteiger partial charge in [0.25, 0.3) is 5.91 Å². The Morgan fingerprint density at radius 2 is 1.54 bits per heavy atom. The van der Waals surface area contributed by atoms with E-state index in [0.29, 0.717) is 17.1 Å². The fourth-order valence-corrected chi connectivity index (χ4v) is 5.14. The number of para-hydroxylation sites is 1. The number of aliphatic carboxylic acids is 1. The van der Waals surface area contributed by atoms with E-state index in [9.17, 15) is 19.5 Å². The lowest BCUT2D eigenvalue weighted by molar-refractivity contribution is -0.138. The molecule has 0 bridgehead atoms. The molecule has 3 N–H and O–H groups in total. The summed E-state index contributed by atoms with van der Waals surface area (Å²) in [4.78, 5) is 40.2. The molecule has 1 fully saturated rings. The van der Waals surface area contributed by atoms with Crippen molar-refractivity contribution in [2.75, 3.05) is 24.3 Å². The molecule has 3 aromatic rings. The Kier molecular flexibility index (Phi) is 8.86. The van der Waals surface area contributed by atoms with Crippen LogP contribution in [0.4, 0.5) is 16.2 Å². The third kappa shape index (κ3) is 6.76. The maximum absolute atomic E-state index is 13.9. The summed E-state index contributed by atoms with van der Waals surface area (Å²) in [6, 6.07) is 17.8. The lowest BCUT2D eigenvalue weighted by Gasteiger charge is -2.33. The molecule has 0 aromatic heterocycles. The van der Waals surface area contributed by atoms with Gasteiger partial charge < -0.3 is 25.4 Å². The summed E-state index contributed by atoms with van der Waals surface area (Å²) in [6.07, 6.45) is 4.51. The second kappa shape index (κ2) is 12.5. The number of aryl methyl sites for hydroxylation is 2. The summed E-state index contributed by atoms with van der Waals surface area (Å²) in [5.41, 5.74) is 4.75. The lowest BCUT2D eigenvalue weighted by atomic mass is 9.93. The third-order valence-electron chi connectivity index (χ3n) is 7.22. The van der Waals surface area contributed by atoms with E-state index in [0.717, 1.165) is 54.4 Å². The van der Waals surface area contributed by atoms with E-state index in [1.54, 1.807) is 19.2 Å². The molecule has 0 aliphatic heterocycles. The molecule has 0 atom stereocenters. The van der Waals surface area contributed by atoms with Crippen molar-refractivity contribution in [2.24, 2.45) is 0 Å². The number of nitrogens with one attached hydrogen (secondary N) is 2. The van der Waals surface area contributed by atoms with Crippen molar-refractivity contribution in [3.63, 3.8) is 0 Å². The maximum Gasteiger partial charge on any atom is 0.323 e. The first-order valence-corrected chi connectivity index (χ1v) is 13.2. The van der Waals surface area contributed by atoms with Crippen LogP contribution in [0, 0.1) is 13.8 Å². The zero-order valence-electron chi connectivity index (χ0n) is 22.6. The van der Waals surface area contributed by atoms with E-state index in [1.165, 1.54) is 4.90 Å². The summed E-state index contributed by atoms with van der Waals surface area (Å²) >= 11 is 0. The average Bonchev–Trinajstić information content (AvgIpc) is 2.94. The topological polar surface area (TPSA) is 108 Å². The number of carbonyl (C=O) groups excluding carboxylic acids is 2. The van der Waals surface area contributed by atoms with E-state index >= 15 is 0 Å². The number of anilines is 2. The van der Waals surface area contributed by atoms with Gasteiger partial charge in [0.2, 0.25) is 0 Å². The minimum Gasteiger partial charge on any atom is -0.497 e. The Hall–Kier alpha value is -4.33. The number of carbonyl (C=O) groups is 3. The van der Waals surface area contributed by atoms with Crippen LogP contribution in [-0.4, -0.2) is 47.6 Å². The van der Waals surface area contributed by atoms with Crippen LogP contribution in [-0.2, 0) is 4.79 Å². The van der Waals surface area contributed by atoms with Crippen molar-refractivity contribution in [3.05, 3.63) is 77.4 Å². The standard InChI is InChI=1S/C31H35N3O5/c1-20-8-7-9-21(2)29(20)33-31(38)32-27-18-23(22-12-15-25(39-3)16-13-22)14-17-26(27)30(37)34(19-28(35)36)24-10-5-4-6-11-24/h7-9,12-18,24H,4-6,10-11,19H2,1-3H3,(H,35,36)(H2,32,33,38). The molecule has 1 aliphatic carbocycles. The van der Waals surface area contributed by atoms with Crippen molar-refractivity contribution in [1.29, 1.82) is 0 Å². The molecule has 3 amide bonds. The van der Waals surface area contributed by atoms with Gasteiger partial charge in [-0.3, -0.25) is 9.59 Å². The highest BCUT2D eigenvalue weighted by Crippen LogP contribution is 2.31. The number of hydrogen-bond acceptors (Lipinski definition) is 4. The fraction of sp³-hybridized carbons (Fsp3) is 0.323. The molecule has 1 aliphatic rings. The second-order valence-electron chi connectivity index (χ2n) is 9.95. The van der Waals surface area contributed by atoms with Gasteiger partial charge in [0.15, 0.2) is 0 Å². The van der Waals surface area contributed by atoms with Crippen molar-refractivity contribution in [1.82, 2.24) is 4.90 Å². The van der Waals surface area contributed by atoms with Crippen LogP contribution in [0.1, 0.15) is 53.6 Å². The highest BCUT2D eigenvalue weighted by atomic mass is 16.5. The second-order valence-corrected chi connectivity index (χ2v) is 9.95. The Balaban J connectivity index is 1.70. The van der Waals surface area contributed by atoms with E-state index in [4.69, 9.17) is 4.74 Å². The smallest absolute Gasteiger partial charge is 0.323 e. The number of carboxylic acid groups (broad SMARTS) is 1. The maximum atomic E-state index is 13.9. The third-order valence-corrected chi connectivity index (χ3v) is 7.22. The largest absolute Gasteiger partial charge is 0.497 e. The van der Waals surface area contributed by atoms with E-state index in [-0.39, 0.29) is 11.6 Å². The van der Waals surface area contributed by atoms with E-state index in [2.05, 4.69) is 10.6 Å². The molecule has 1 saturated carbocycles. The van der Waals surface area contributed by atoms with Crippen molar-refractivity contribution >= 4 is 29.3 Å². The number of carboxylic acids is 1. The number of methoxy groups -OCH3 is 1. The van der Waals surface area contributed by atoms with Crippen LogP contribution in [0.3, 0.4) is 0 Å². The van der Waals surface area contributed by atoms with Crippen LogP contribution >= 0.6 is 0 Å². The molecule has 3 aromatic carbocycles. The van der Waals surface area contributed by atoms with Gasteiger partial charge in [0, 0.05) is 11.7 Å². The molecule has 4 rings (SSSR count). The highest BCUT2D eigenvalue weighted by Gasteiger charge is 2.30. The van der Waals surface area contributed by atoms with E-state index in [1.807, 2.05) is 62.4 Å². The van der Waals surface area contributed by atoms with Gasteiger partial charge in [0.05, 0.1) is 18.4 Å². The van der Waals surface area contributed by atoms with Gasteiger partial charge in [-0.15, -0.1) is 0 Å². The number of urea groups is 1. The van der Waals surface area contributed by atoms with Crippen LogP contribution in [0.25, 0.3) is 11.1 Å². The first-order valence-electron chi connectivity index (χ1n) is 13.2. The Morgan fingerprint density at radius 3 is 2.15 bits per heavy atom. The van der Waals surface area contributed by atoms with Crippen LogP contribution in [0.15, 0.2) is 60.7 Å². The van der Waals surface area contributed by atoms with Crippen molar-refractivity contribution < 1.29 is 24.2 Å². The van der Waals surface area contributed by atoms with E-state index < -0.39 is 24.5 Å². The van der Waals surface area contributed by atoms with Crippen LogP contribution in [0.2, 0.25) is 0 Å². The molecule has 8 heteroatoms. The van der Waals surface area contributed by atoms with Gasteiger partial charge >= 0.3 is 12.0 Å². The van der Waals surface area contributed by atoms with Crippen LogP contribution < -0.4 is 15.4 Å². The Labute approximate surface area is 229 Å². The number of amides is 3. The number of hydrogen-bond donors (Lipinski definition) is 3. The first-order chi connectivity index (χ1) is 18.8. The molecule has 8 nitrogen and oxygen atoms in total. The van der Waals surface area contributed by atoms with Crippen molar-refractivity contribution in [3.8, 4) is 16.9 Å². The molecule has 0 radical (unpaired) electrons. The summed E-state index contributed by atoms with van der Waals surface area (Å²) in [7, 11) is 1.60. The van der Waals surface area contributed by atoms with Crippen LogP contribution in [0.5, 0.6) is 5.75 Å². The molecule has 0 saturated heterocycles. The number of ether oxygens (including phenoxy) is 1. The van der Waals surface area contributed by atoms with Gasteiger partial charge in [0.1, 0.15) is 12.3 Å². The Morgan fingerprint density at radius 1 is 0.897 bits per heavy atom. The van der Waals surface area contributed by atoms with Gasteiger partial charge in [-0.1, -0.05) is 55.7 Å². The number of nitrogens with zero attached hydrogens (tertiary/aromatic N) is 1. The zero-order valence-corrected chi connectivity index (χ0v) is 22.6. The van der Waals surface area contributed by atoms with Gasteiger partial charge in [-0.25, -0.2) is 4.79 Å². The molecule has 39 heavy (non-hydrogen) atoms. The minimum atomic E-state index is -1.06. The number of rotatable bonds is 8. The lowest BCUT2D eigenvalue weighted by Crippen LogP contribution is -2.44. The zero-order chi connectivity index (χ0) is 27.9. The highest BCUT2D eigenvalue weighted by molar-refractivity contribution is 6.08. The average molecular weight is 530 g/mol. The summed E-state index contributed by atoms with van der Waals surface area (Å²) in [5.74, 6) is -0.757. The Bertz CT molecular complexity index is 1330. The molecule has 204 valence electrons. The molecule has 0 unspecified atom stereocenters. The minimum absolute atomic E-state index is 0.153. The predicted octanol–water partition coefficient (Wildman–Crippen LogP) is 6.48. The first kappa shape index (κ1) is 27.7. The van der Waals surface area contributed by atoms with Gasteiger partial charge in [-0.05, 0) is 73.2 Å². The monoisotopic (exact) mass is 529 g/mol. The summed E-state index contributed by atoms with van der Waals surface area (Å²) in [6.45, 7) is 3.43.